The van der Waals surface area contributed by atoms with E-state index in [9.17, 15) is 9.59 Å². The Kier molecular flexibility index (Phi) is 5.91. The molecule has 0 spiro atoms. The van der Waals surface area contributed by atoms with Gasteiger partial charge in [0.05, 0.1) is 18.9 Å². The van der Waals surface area contributed by atoms with E-state index >= 15 is 0 Å². The van der Waals surface area contributed by atoms with E-state index in [1.54, 1.807) is 13.8 Å². The van der Waals surface area contributed by atoms with Gasteiger partial charge in [0.25, 0.3) is 11.3 Å². The predicted molar refractivity (Wildman–Crippen MR) is 113 cm³/mol. The van der Waals surface area contributed by atoms with Crippen LogP contribution in [0, 0.1) is 13.8 Å². The van der Waals surface area contributed by atoms with Crippen LogP contribution in [0.4, 0.5) is 5.69 Å². The first-order chi connectivity index (χ1) is 14.5. The van der Waals surface area contributed by atoms with E-state index in [-0.39, 0.29) is 17.9 Å². The van der Waals surface area contributed by atoms with Crippen LogP contribution < -0.4 is 10.9 Å². The number of amides is 1. The molecule has 30 heavy (non-hydrogen) atoms. The molecular weight excluding hydrogens is 384 g/mol. The van der Waals surface area contributed by atoms with Crippen molar-refractivity contribution in [3.8, 4) is 0 Å². The Bertz CT molecular complexity index is 1110. The lowest BCUT2D eigenvalue weighted by molar-refractivity contribution is -0.116. The molecule has 0 atom stereocenters. The van der Waals surface area contributed by atoms with Crippen LogP contribution in [0.3, 0.4) is 0 Å². The number of hydrogen-bond donors (Lipinski definition) is 2. The maximum Gasteiger partial charge on any atom is 0.277 e. The van der Waals surface area contributed by atoms with Crippen LogP contribution in [0.1, 0.15) is 29.1 Å². The van der Waals surface area contributed by atoms with E-state index < -0.39 is 0 Å². The third-order valence-electron chi connectivity index (χ3n) is 5.30. The highest BCUT2D eigenvalue weighted by molar-refractivity contribution is 5.91. The number of anilines is 1. The van der Waals surface area contributed by atoms with Crippen molar-refractivity contribution < 1.29 is 9.53 Å². The Balaban J connectivity index is 1.43. The summed E-state index contributed by atoms with van der Waals surface area (Å²) in [7, 11) is 0. The largest absolute Gasteiger partial charge is 0.379 e. The molecule has 0 saturated carbocycles. The molecule has 1 amide bonds. The van der Waals surface area contributed by atoms with Crippen LogP contribution in [0.2, 0.25) is 0 Å². The van der Waals surface area contributed by atoms with Gasteiger partial charge in [-0.05, 0) is 31.9 Å². The van der Waals surface area contributed by atoms with Gasteiger partial charge in [-0.3, -0.25) is 19.6 Å². The fourth-order valence-corrected chi connectivity index (χ4v) is 3.68. The number of aromatic amines is 1. The molecule has 0 radical (unpaired) electrons. The monoisotopic (exact) mass is 410 g/mol. The molecule has 2 aromatic heterocycles. The van der Waals surface area contributed by atoms with Crippen LogP contribution in [0.15, 0.2) is 29.1 Å². The third-order valence-corrected chi connectivity index (χ3v) is 5.30. The number of benzene rings is 1. The van der Waals surface area contributed by atoms with Crippen LogP contribution in [0.25, 0.3) is 5.78 Å². The second kappa shape index (κ2) is 8.76. The zero-order valence-electron chi connectivity index (χ0n) is 17.3. The van der Waals surface area contributed by atoms with Crippen molar-refractivity contribution in [2.24, 2.45) is 0 Å². The standard InChI is InChI=1S/C21H26N6O3/c1-14-17(20(29)27-21(22-14)23-15(2)25-27)7-8-19(28)24-18-6-4-3-5-16(18)13-26-9-11-30-12-10-26/h3-6H,7-13H2,1-2H3,(H,24,28)(H,22,23,25). The van der Waals surface area contributed by atoms with Crippen molar-refractivity contribution in [1.82, 2.24) is 24.5 Å². The lowest BCUT2D eigenvalue weighted by atomic mass is 10.1. The summed E-state index contributed by atoms with van der Waals surface area (Å²) in [5.41, 5.74) is 2.79. The van der Waals surface area contributed by atoms with Gasteiger partial charge in [-0.15, -0.1) is 0 Å². The normalized spacial score (nSPS) is 14.9. The van der Waals surface area contributed by atoms with Gasteiger partial charge in [0, 0.05) is 37.3 Å². The Morgan fingerprint density at radius 2 is 1.97 bits per heavy atom. The molecule has 9 nitrogen and oxygen atoms in total. The molecule has 9 heteroatoms. The minimum atomic E-state index is -0.210. The molecule has 0 unspecified atom stereocenters. The van der Waals surface area contributed by atoms with Crippen LogP contribution >= 0.6 is 0 Å². The van der Waals surface area contributed by atoms with E-state index in [1.165, 1.54) is 4.52 Å². The van der Waals surface area contributed by atoms with Gasteiger partial charge in [0.15, 0.2) is 0 Å². The topological polar surface area (TPSA) is 105 Å². The van der Waals surface area contributed by atoms with Crippen LogP contribution in [0.5, 0.6) is 0 Å². The minimum absolute atomic E-state index is 0.130. The number of ether oxygens (including phenoxy) is 1. The van der Waals surface area contributed by atoms with E-state index in [0.717, 1.165) is 44.1 Å². The number of hydrogen-bond acceptors (Lipinski definition) is 6. The molecule has 0 aliphatic carbocycles. The minimum Gasteiger partial charge on any atom is -0.379 e. The molecule has 1 aromatic carbocycles. The highest BCUT2D eigenvalue weighted by Gasteiger charge is 2.16. The summed E-state index contributed by atoms with van der Waals surface area (Å²) in [6.07, 6.45) is 0.513. The second-order valence-electron chi connectivity index (χ2n) is 7.52. The quantitative estimate of drug-likeness (QED) is 0.637. The molecule has 4 rings (SSSR count). The Morgan fingerprint density at radius 1 is 1.20 bits per heavy atom. The highest BCUT2D eigenvalue weighted by atomic mass is 16.5. The van der Waals surface area contributed by atoms with Gasteiger partial charge >= 0.3 is 0 Å². The number of carbonyl (C=O) groups excluding carboxylic acids is 1. The van der Waals surface area contributed by atoms with Crippen molar-refractivity contribution in [3.05, 3.63) is 57.3 Å². The molecular formula is C21H26N6O3. The summed E-state index contributed by atoms with van der Waals surface area (Å²) in [6.45, 7) is 7.54. The summed E-state index contributed by atoms with van der Waals surface area (Å²) in [4.78, 5) is 36.2. The maximum atomic E-state index is 12.7. The van der Waals surface area contributed by atoms with E-state index in [4.69, 9.17) is 4.74 Å². The number of aryl methyl sites for hydroxylation is 2. The van der Waals surface area contributed by atoms with E-state index in [2.05, 4.69) is 25.3 Å². The number of morpholine rings is 1. The molecule has 1 aliphatic rings. The van der Waals surface area contributed by atoms with Gasteiger partial charge in [0.2, 0.25) is 5.91 Å². The molecule has 1 saturated heterocycles. The number of fused-ring (bicyclic) bond motifs is 1. The smallest absolute Gasteiger partial charge is 0.277 e. The van der Waals surface area contributed by atoms with Gasteiger partial charge in [-0.1, -0.05) is 18.2 Å². The molecule has 1 aliphatic heterocycles. The number of nitrogens with one attached hydrogen (secondary N) is 2. The first-order valence-corrected chi connectivity index (χ1v) is 10.1. The first kappa shape index (κ1) is 20.2. The van der Waals surface area contributed by atoms with Crippen LogP contribution in [-0.4, -0.2) is 56.7 Å². The summed E-state index contributed by atoms with van der Waals surface area (Å²) in [5, 5.41) is 5.89. The van der Waals surface area contributed by atoms with Gasteiger partial charge in [0.1, 0.15) is 5.82 Å². The number of para-hydroxylation sites is 1. The molecule has 158 valence electrons. The lowest BCUT2D eigenvalue weighted by Gasteiger charge is -2.27. The number of H-pyrrole nitrogens is 1. The molecule has 0 bridgehead atoms. The van der Waals surface area contributed by atoms with E-state index in [1.807, 2.05) is 24.3 Å². The number of carbonyl (C=O) groups is 1. The maximum absolute atomic E-state index is 12.7. The average molecular weight is 410 g/mol. The van der Waals surface area contributed by atoms with Gasteiger partial charge < -0.3 is 10.1 Å². The van der Waals surface area contributed by atoms with Crippen molar-refractivity contribution >= 4 is 17.4 Å². The molecule has 3 heterocycles. The second-order valence-corrected chi connectivity index (χ2v) is 7.52. The summed E-state index contributed by atoms with van der Waals surface area (Å²) in [5.74, 6) is 0.833. The fourth-order valence-electron chi connectivity index (χ4n) is 3.68. The Morgan fingerprint density at radius 3 is 2.77 bits per heavy atom. The van der Waals surface area contributed by atoms with Gasteiger partial charge in [-0.25, -0.2) is 4.98 Å². The molecule has 3 aromatic rings. The number of aromatic nitrogens is 4. The molecule has 2 N–H and O–H groups in total. The fraction of sp³-hybridized carbons (Fsp3) is 0.429. The van der Waals surface area contributed by atoms with E-state index in [0.29, 0.717) is 29.3 Å². The van der Waals surface area contributed by atoms with Crippen molar-refractivity contribution in [2.45, 2.75) is 33.2 Å². The Hall–Kier alpha value is -3.04. The zero-order chi connectivity index (χ0) is 21.1. The van der Waals surface area contributed by atoms with Crippen molar-refractivity contribution in [1.29, 1.82) is 0 Å². The predicted octanol–water partition coefficient (Wildman–Crippen LogP) is 1.44. The summed E-state index contributed by atoms with van der Waals surface area (Å²) in [6, 6.07) is 7.82. The lowest BCUT2D eigenvalue weighted by Crippen LogP contribution is -2.35. The SMILES string of the molecule is Cc1nc2nc(C)c(CCC(=O)Nc3ccccc3CN3CCOCC3)c(=O)n2[nH]1. The number of rotatable bonds is 6. The Labute approximate surface area is 174 Å². The zero-order valence-corrected chi connectivity index (χ0v) is 17.3. The highest BCUT2D eigenvalue weighted by Crippen LogP contribution is 2.18. The summed E-state index contributed by atoms with van der Waals surface area (Å²) < 4.78 is 6.73. The third kappa shape index (κ3) is 4.42. The summed E-state index contributed by atoms with van der Waals surface area (Å²) >= 11 is 0. The van der Waals surface area contributed by atoms with Gasteiger partial charge in [-0.2, -0.15) is 9.50 Å². The van der Waals surface area contributed by atoms with Crippen LogP contribution in [-0.2, 0) is 22.5 Å². The average Bonchev–Trinajstić information content (AvgIpc) is 3.10. The first-order valence-electron chi connectivity index (χ1n) is 10.1. The van der Waals surface area contributed by atoms with Crippen molar-refractivity contribution in [3.63, 3.8) is 0 Å². The molecule has 1 fully saturated rings. The van der Waals surface area contributed by atoms with Crippen molar-refractivity contribution in [2.75, 3.05) is 31.6 Å². The number of nitrogens with zero attached hydrogens (tertiary/aromatic N) is 4.